The highest BCUT2D eigenvalue weighted by molar-refractivity contribution is 7.92. The Labute approximate surface area is 254 Å². The third-order valence-electron chi connectivity index (χ3n) is 6.54. The number of aromatic nitrogens is 2. The third kappa shape index (κ3) is 12.8. The van der Waals surface area contributed by atoms with Crippen molar-refractivity contribution in [2.24, 2.45) is 5.92 Å². The lowest BCUT2D eigenvalue weighted by molar-refractivity contribution is -0.130. The number of alkyl carbamates (subject to hydrolysis) is 1. The number of rotatable bonds is 15. The van der Waals surface area contributed by atoms with Crippen LogP contribution in [0.25, 0.3) is 0 Å². The Morgan fingerprint density at radius 1 is 0.953 bits per heavy atom. The minimum absolute atomic E-state index is 0.0237. The molecule has 3 amide bonds. The molecule has 43 heavy (non-hydrogen) atoms. The fourth-order valence-electron chi connectivity index (χ4n) is 4.26. The largest absolute Gasteiger partial charge is 0.444 e. The Balaban J connectivity index is 2.32. The van der Waals surface area contributed by atoms with Crippen molar-refractivity contribution in [1.29, 1.82) is 0 Å². The standard InChI is InChI=1S/C30H47N5O7S/c1-19(2)13-23(26(36)17-43(40,41)20(3)4)33-28(38)25(15-22-16-31-18-32-22)34-27(37)24(14-21-11-9-8-10-12-21)35-29(39)42-30(5,6)7/h8-12,16,18-20,23-26,36H,13-15,17H2,1-7H3,(H,31,32)(H,33,38)(H,34,37)(H,35,39)/t23-,24+,25+,26-/m1/s1. The average Bonchev–Trinajstić information content (AvgIpc) is 3.39. The Morgan fingerprint density at radius 3 is 2.09 bits per heavy atom. The number of sulfone groups is 1. The first-order valence-corrected chi connectivity index (χ1v) is 16.2. The van der Waals surface area contributed by atoms with Crippen LogP contribution in [0.2, 0.25) is 0 Å². The van der Waals surface area contributed by atoms with E-state index in [1.165, 1.54) is 26.4 Å². The second-order valence-corrected chi connectivity index (χ2v) is 15.0. The first-order chi connectivity index (χ1) is 20.0. The van der Waals surface area contributed by atoms with Gasteiger partial charge in [0.05, 0.1) is 29.5 Å². The number of H-pyrrole nitrogens is 1. The molecule has 1 aromatic heterocycles. The highest BCUT2D eigenvalue weighted by atomic mass is 32.2. The van der Waals surface area contributed by atoms with Gasteiger partial charge in [0.25, 0.3) is 0 Å². The Hall–Kier alpha value is -3.45. The molecule has 0 unspecified atom stereocenters. The van der Waals surface area contributed by atoms with Gasteiger partial charge in [-0.05, 0) is 52.5 Å². The molecule has 240 valence electrons. The molecule has 13 heteroatoms. The predicted octanol–water partition coefficient (Wildman–Crippen LogP) is 2.29. The maximum atomic E-state index is 13.7. The van der Waals surface area contributed by atoms with Crippen LogP contribution in [0.15, 0.2) is 42.9 Å². The average molecular weight is 622 g/mol. The topological polar surface area (TPSA) is 180 Å². The molecule has 12 nitrogen and oxygen atoms in total. The van der Waals surface area contributed by atoms with Crippen molar-refractivity contribution < 1.29 is 32.6 Å². The van der Waals surface area contributed by atoms with E-state index < -0.39 is 68.6 Å². The van der Waals surface area contributed by atoms with E-state index in [9.17, 15) is 27.9 Å². The Bertz CT molecular complexity index is 1280. The third-order valence-corrected chi connectivity index (χ3v) is 8.78. The zero-order chi connectivity index (χ0) is 32.4. The van der Waals surface area contributed by atoms with Gasteiger partial charge in [-0.1, -0.05) is 44.2 Å². The number of hydrogen-bond donors (Lipinski definition) is 5. The van der Waals surface area contributed by atoms with Gasteiger partial charge >= 0.3 is 6.09 Å². The molecule has 0 bridgehead atoms. The molecule has 1 heterocycles. The number of carbonyl (C=O) groups excluding carboxylic acids is 3. The molecule has 0 fully saturated rings. The van der Waals surface area contributed by atoms with Gasteiger partial charge in [-0.15, -0.1) is 0 Å². The number of aliphatic hydroxyl groups excluding tert-OH is 1. The lowest BCUT2D eigenvalue weighted by Crippen LogP contribution is -2.58. The van der Waals surface area contributed by atoms with Gasteiger partial charge in [0.15, 0.2) is 9.84 Å². The zero-order valence-corrected chi connectivity index (χ0v) is 26.9. The Kier molecular flexibility index (Phi) is 13.2. The molecule has 0 saturated heterocycles. The van der Waals surface area contributed by atoms with Gasteiger partial charge in [-0.25, -0.2) is 18.2 Å². The zero-order valence-electron chi connectivity index (χ0n) is 26.1. The molecule has 0 aliphatic rings. The molecule has 0 spiro atoms. The monoisotopic (exact) mass is 621 g/mol. The number of ether oxygens (including phenoxy) is 1. The van der Waals surface area contributed by atoms with Crippen molar-refractivity contribution in [2.45, 2.75) is 103 Å². The summed E-state index contributed by atoms with van der Waals surface area (Å²) in [6.07, 6.45) is 1.27. The molecule has 2 rings (SSSR count). The van der Waals surface area contributed by atoms with Crippen LogP contribution < -0.4 is 16.0 Å². The number of aromatic amines is 1. The summed E-state index contributed by atoms with van der Waals surface area (Å²) in [6, 6.07) is 5.97. The first-order valence-electron chi connectivity index (χ1n) is 14.5. The van der Waals surface area contributed by atoms with Crippen molar-refractivity contribution in [3.05, 3.63) is 54.1 Å². The molecular formula is C30H47N5O7S. The van der Waals surface area contributed by atoms with Crippen LogP contribution >= 0.6 is 0 Å². The smallest absolute Gasteiger partial charge is 0.408 e. The summed E-state index contributed by atoms with van der Waals surface area (Å²) < 4.78 is 30.4. The van der Waals surface area contributed by atoms with Crippen LogP contribution in [0.4, 0.5) is 4.79 Å². The second kappa shape index (κ2) is 15.9. The Morgan fingerprint density at radius 2 is 1.56 bits per heavy atom. The number of amides is 3. The molecule has 1 aromatic carbocycles. The molecule has 4 atom stereocenters. The fourth-order valence-corrected chi connectivity index (χ4v) is 5.35. The van der Waals surface area contributed by atoms with E-state index in [0.717, 1.165) is 5.56 Å². The molecule has 0 aliphatic heterocycles. The van der Waals surface area contributed by atoms with Crippen LogP contribution in [-0.2, 0) is 37.0 Å². The minimum atomic E-state index is -3.60. The van der Waals surface area contributed by atoms with Crippen molar-refractivity contribution in [2.75, 3.05) is 5.75 Å². The molecule has 0 saturated carbocycles. The van der Waals surface area contributed by atoms with E-state index >= 15 is 0 Å². The van der Waals surface area contributed by atoms with Gasteiger partial charge in [0.1, 0.15) is 17.7 Å². The van der Waals surface area contributed by atoms with Gasteiger partial charge < -0.3 is 30.8 Å². The van der Waals surface area contributed by atoms with Gasteiger partial charge in [-0.3, -0.25) is 9.59 Å². The van der Waals surface area contributed by atoms with E-state index in [0.29, 0.717) is 12.1 Å². The molecular weight excluding hydrogens is 574 g/mol. The summed E-state index contributed by atoms with van der Waals surface area (Å²) >= 11 is 0. The normalized spacial score (nSPS) is 14.9. The lowest BCUT2D eigenvalue weighted by atomic mass is 9.99. The SMILES string of the molecule is CC(C)C[C@@H](NC(=O)[C@H](Cc1cnc[nH]1)NC(=O)[C@H](Cc1ccccc1)NC(=O)OC(C)(C)C)[C@H](O)CS(=O)(=O)C(C)C. The second-order valence-electron chi connectivity index (χ2n) is 12.4. The predicted molar refractivity (Wildman–Crippen MR) is 164 cm³/mol. The summed E-state index contributed by atoms with van der Waals surface area (Å²) in [5.74, 6) is -1.74. The number of hydrogen-bond acceptors (Lipinski definition) is 8. The van der Waals surface area contributed by atoms with E-state index in [1.807, 2.05) is 44.2 Å². The highest BCUT2D eigenvalue weighted by Gasteiger charge is 2.33. The quantitative estimate of drug-likeness (QED) is 0.201. The number of imidazole rings is 1. The molecule has 0 radical (unpaired) electrons. The van der Waals surface area contributed by atoms with Crippen molar-refractivity contribution in [1.82, 2.24) is 25.9 Å². The number of benzene rings is 1. The molecule has 5 N–H and O–H groups in total. The summed E-state index contributed by atoms with van der Waals surface area (Å²) in [6.45, 7) is 12.0. The number of nitrogens with one attached hydrogen (secondary N) is 4. The van der Waals surface area contributed by atoms with E-state index in [4.69, 9.17) is 4.74 Å². The van der Waals surface area contributed by atoms with E-state index in [1.54, 1.807) is 20.8 Å². The van der Waals surface area contributed by atoms with Gasteiger partial charge in [-0.2, -0.15) is 0 Å². The van der Waals surface area contributed by atoms with Crippen LogP contribution in [-0.4, -0.2) is 82.2 Å². The van der Waals surface area contributed by atoms with Crippen LogP contribution in [0, 0.1) is 5.92 Å². The lowest BCUT2D eigenvalue weighted by Gasteiger charge is -2.29. The van der Waals surface area contributed by atoms with Crippen LogP contribution in [0.5, 0.6) is 0 Å². The van der Waals surface area contributed by atoms with Crippen LogP contribution in [0.3, 0.4) is 0 Å². The van der Waals surface area contributed by atoms with E-state index in [2.05, 4.69) is 25.9 Å². The minimum Gasteiger partial charge on any atom is -0.444 e. The first kappa shape index (κ1) is 35.7. The molecule has 2 aromatic rings. The van der Waals surface area contributed by atoms with Crippen LogP contribution in [0.1, 0.15) is 66.1 Å². The fraction of sp³-hybridized carbons (Fsp3) is 0.600. The maximum Gasteiger partial charge on any atom is 0.408 e. The summed E-state index contributed by atoms with van der Waals surface area (Å²) in [7, 11) is -3.60. The van der Waals surface area contributed by atoms with Gasteiger partial charge in [0.2, 0.25) is 11.8 Å². The number of carbonyl (C=O) groups is 3. The maximum absolute atomic E-state index is 13.7. The summed E-state index contributed by atoms with van der Waals surface area (Å²) in [4.78, 5) is 46.8. The summed E-state index contributed by atoms with van der Waals surface area (Å²) in [5.41, 5.74) is 0.541. The van der Waals surface area contributed by atoms with Crippen molar-refractivity contribution >= 4 is 27.7 Å². The van der Waals surface area contributed by atoms with Crippen molar-refractivity contribution in [3.63, 3.8) is 0 Å². The number of nitrogens with zero attached hydrogens (tertiary/aromatic N) is 1. The molecule has 0 aliphatic carbocycles. The summed E-state index contributed by atoms with van der Waals surface area (Å²) in [5, 5.41) is 18.3. The van der Waals surface area contributed by atoms with Gasteiger partial charge in [0, 0.05) is 24.7 Å². The number of aliphatic hydroxyl groups is 1. The van der Waals surface area contributed by atoms with Crippen molar-refractivity contribution in [3.8, 4) is 0 Å². The highest BCUT2D eigenvalue weighted by Crippen LogP contribution is 2.14. The van der Waals surface area contributed by atoms with E-state index in [-0.39, 0.29) is 18.8 Å².